The fraction of sp³-hybridized carbons (Fsp3) is 0.500. The molecule has 1 aromatic rings. The molecule has 1 atom stereocenters. The summed E-state index contributed by atoms with van der Waals surface area (Å²) in [6.07, 6.45) is 1.77. The lowest BCUT2D eigenvalue weighted by Crippen LogP contribution is -2.15. The highest BCUT2D eigenvalue weighted by molar-refractivity contribution is 5.90. The van der Waals surface area contributed by atoms with E-state index in [1.807, 2.05) is 13.8 Å². The molecule has 0 amide bonds. The highest BCUT2D eigenvalue weighted by atomic mass is 19.2. The Balaban J connectivity index is 2.91. The Bertz CT molecular complexity index is 489. The molecule has 0 spiro atoms. The summed E-state index contributed by atoms with van der Waals surface area (Å²) < 4.78 is 49.6. The van der Waals surface area contributed by atoms with Crippen LogP contribution in [0.1, 0.15) is 37.0 Å². The van der Waals surface area contributed by atoms with Gasteiger partial charge in [0.25, 0.3) is 0 Å². The van der Waals surface area contributed by atoms with Gasteiger partial charge in [0.1, 0.15) is 5.56 Å². The molecule has 0 bridgehead atoms. The summed E-state index contributed by atoms with van der Waals surface area (Å²) >= 11 is 0. The SMILES string of the molecule is CCCC(C)COC(=O)c1cc(F)c(F)c(OC)c1F. The number of carbonyl (C=O) groups is 1. The molecule has 0 radical (unpaired) electrons. The molecule has 0 aliphatic rings. The second kappa shape index (κ2) is 7.17. The summed E-state index contributed by atoms with van der Waals surface area (Å²) in [6, 6.07) is 0.472. The van der Waals surface area contributed by atoms with Gasteiger partial charge in [0.2, 0.25) is 5.82 Å². The van der Waals surface area contributed by atoms with Crippen molar-refractivity contribution in [2.45, 2.75) is 26.7 Å². The molecule has 1 aromatic carbocycles. The summed E-state index contributed by atoms with van der Waals surface area (Å²) in [7, 11) is 0.985. The van der Waals surface area contributed by atoms with Crippen molar-refractivity contribution in [1.82, 2.24) is 0 Å². The number of ether oxygens (including phenoxy) is 2. The molecule has 1 rings (SSSR count). The molecule has 20 heavy (non-hydrogen) atoms. The van der Waals surface area contributed by atoms with Crippen LogP contribution in [-0.2, 0) is 4.74 Å². The first kappa shape index (κ1) is 16.3. The maximum Gasteiger partial charge on any atom is 0.341 e. The molecular formula is C14H17F3O3. The Morgan fingerprint density at radius 2 is 1.95 bits per heavy atom. The number of hydrogen-bond acceptors (Lipinski definition) is 3. The molecule has 0 fully saturated rings. The fourth-order valence-corrected chi connectivity index (χ4v) is 1.78. The first-order chi connectivity index (χ1) is 9.42. The molecule has 0 aromatic heterocycles. The second-order valence-corrected chi connectivity index (χ2v) is 4.56. The van der Waals surface area contributed by atoms with Crippen molar-refractivity contribution in [3.05, 3.63) is 29.1 Å². The first-order valence-corrected chi connectivity index (χ1v) is 6.30. The largest absolute Gasteiger partial charge is 0.491 e. The van der Waals surface area contributed by atoms with E-state index >= 15 is 0 Å². The third-order valence-electron chi connectivity index (χ3n) is 2.82. The van der Waals surface area contributed by atoms with Crippen LogP contribution in [0, 0.1) is 23.4 Å². The average molecular weight is 290 g/mol. The summed E-state index contributed by atoms with van der Waals surface area (Å²) in [6.45, 7) is 3.95. The number of esters is 1. The van der Waals surface area contributed by atoms with Crippen LogP contribution >= 0.6 is 0 Å². The highest BCUT2D eigenvalue weighted by Gasteiger charge is 2.24. The van der Waals surface area contributed by atoms with Gasteiger partial charge in [-0.2, -0.15) is 4.39 Å². The van der Waals surface area contributed by atoms with Crippen LogP contribution in [0.5, 0.6) is 5.75 Å². The van der Waals surface area contributed by atoms with Gasteiger partial charge >= 0.3 is 5.97 Å². The molecule has 0 aliphatic heterocycles. The Labute approximate surface area is 115 Å². The van der Waals surface area contributed by atoms with Crippen molar-refractivity contribution in [3.8, 4) is 5.75 Å². The molecule has 112 valence electrons. The number of benzene rings is 1. The minimum atomic E-state index is -1.47. The fourth-order valence-electron chi connectivity index (χ4n) is 1.78. The maximum absolute atomic E-state index is 13.8. The topological polar surface area (TPSA) is 35.5 Å². The third-order valence-corrected chi connectivity index (χ3v) is 2.82. The standard InChI is InChI=1S/C14H17F3O3/c1-4-5-8(2)7-20-14(18)9-6-10(15)12(17)13(19-3)11(9)16/h6,8H,4-5,7H2,1-3H3. The van der Waals surface area contributed by atoms with E-state index in [-0.39, 0.29) is 12.5 Å². The van der Waals surface area contributed by atoms with E-state index in [2.05, 4.69) is 4.74 Å². The van der Waals surface area contributed by atoms with Crippen LogP contribution in [0.15, 0.2) is 6.07 Å². The second-order valence-electron chi connectivity index (χ2n) is 4.56. The van der Waals surface area contributed by atoms with Crippen molar-refractivity contribution >= 4 is 5.97 Å². The van der Waals surface area contributed by atoms with E-state index in [1.165, 1.54) is 0 Å². The lowest BCUT2D eigenvalue weighted by molar-refractivity contribution is 0.0436. The van der Waals surface area contributed by atoms with Crippen molar-refractivity contribution in [2.75, 3.05) is 13.7 Å². The molecule has 0 saturated carbocycles. The zero-order valence-corrected chi connectivity index (χ0v) is 11.6. The van der Waals surface area contributed by atoms with Crippen molar-refractivity contribution < 1.29 is 27.4 Å². The van der Waals surface area contributed by atoms with Gasteiger partial charge in [-0.25, -0.2) is 13.6 Å². The lowest BCUT2D eigenvalue weighted by atomic mass is 10.1. The quantitative estimate of drug-likeness (QED) is 0.592. The summed E-state index contributed by atoms with van der Waals surface area (Å²) in [5.74, 6) is -5.96. The first-order valence-electron chi connectivity index (χ1n) is 6.30. The maximum atomic E-state index is 13.8. The number of methoxy groups -OCH3 is 1. The van der Waals surface area contributed by atoms with Gasteiger partial charge in [-0.15, -0.1) is 0 Å². The van der Waals surface area contributed by atoms with Crippen molar-refractivity contribution in [3.63, 3.8) is 0 Å². The van der Waals surface area contributed by atoms with Crippen molar-refractivity contribution in [2.24, 2.45) is 5.92 Å². The summed E-state index contributed by atoms with van der Waals surface area (Å²) in [4.78, 5) is 11.7. The number of rotatable bonds is 6. The lowest BCUT2D eigenvalue weighted by Gasteiger charge is -2.12. The number of carbonyl (C=O) groups excluding carboxylic acids is 1. The molecule has 0 N–H and O–H groups in total. The normalized spacial score (nSPS) is 12.1. The van der Waals surface area contributed by atoms with E-state index in [0.29, 0.717) is 6.07 Å². The molecule has 0 aliphatic carbocycles. The van der Waals surface area contributed by atoms with Gasteiger partial charge in [0.05, 0.1) is 13.7 Å². The van der Waals surface area contributed by atoms with Gasteiger partial charge < -0.3 is 9.47 Å². The van der Waals surface area contributed by atoms with Crippen molar-refractivity contribution in [1.29, 1.82) is 0 Å². The van der Waals surface area contributed by atoms with Gasteiger partial charge in [-0.1, -0.05) is 20.3 Å². The van der Waals surface area contributed by atoms with Gasteiger partial charge in [-0.05, 0) is 18.4 Å². The minimum Gasteiger partial charge on any atom is -0.491 e. The average Bonchev–Trinajstić information content (AvgIpc) is 2.41. The molecule has 6 heteroatoms. The van der Waals surface area contributed by atoms with Gasteiger partial charge in [0, 0.05) is 0 Å². The predicted octanol–water partition coefficient (Wildman–Crippen LogP) is 3.71. The number of halogens is 3. The Hall–Kier alpha value is -1.72. The Kier molecular flexibility index (Phi) is 5.85. The van der Waals surface area contributed by atoms with E-state index in [0.717, 1.165) is 20.0 Å². The zero-order chi connectivity index (χ0) is 15.3. The molecule has 0 heterocycles. The summed E-state index contributed by atoms with van der Waals surface area (Å²) in [5, 5.41) is 0. The smallest absolute Gasteiger partial charge is 0.341 e. The van der Waals surface area contributed by atoms with Crippen LogP contribution in [0.2, 0.25) is 0 Å². The van der Waals surface area contributed by atoms with Crippen LogP contribution in [0.3, 0.4) is 0 Å². The van der Waals surface area contributed by atoms with Crippen LogP contribution in [0.4, 0.5) is 13.2 Å². The third kappa shape index (κ3) is 3.65. The molecule has 1 unspecified atom stereocenters. The van der Waals surface area contributed by atoms with E-state index in [9.17, 15) is 18.0 Å². The van der Waals surface area contributed by atoms with Crippen LogP contribution in [-0.4, -0.2) is 19.7 Å². The van der Waals surface area contributed by atoms with E-state index < -0.39 is 34.7 Å². The van der Waals surface area contributed by atoms with Crippen LogP contribution < -0.4 is 4.74 Å². The number of hydrogen-bond donors (Lipinski definition) is 0. The van der Waals surface area contributed by atoms with Gasteiger partial charge in [0.15, 0.2) is 17.4 Å². The Morgan fingerprint density at radius 3 is 2.50 bits per heavy atom. The Morgan fingerprint density at radius 1 is 1.30 bits per heavy atom. The van der Waals surface area contributed by atoms with E-state index in [1.54, 1.807) is 0 Å². The predicted molar refractivity (Wildman–Crippen MR) is 67.2 cm³/mol. The monoisotopic (exact) mass is 290 g/mol. The van der Waals surface area contributed by atoms with Crippen LogP contribution in [0.25, 0.3) is 0 Å². The van der Waals surface area contributed by atoms with Gasteiger partial charge in [-0.3, -0.25) is 0 Å². The molecule has 3 nitrogen and oxygen atoms in total. The zero-order valence-electron chi connectivity index (χ0n) is 11.6. The highest BCUT2D eigenvalue weighted by Crippen LogP contribution is 2.27. The molecule has 0 saturated heterocycles. The minimum absolute atomic E-state index is 0.0907. The van der Waals surface area contributed by atoms with E-state index in [4.69, 9.17) is 4.74 Å². The summed E-state index contributed by atoms with van der Waals surface area (Å²) in [5.41, 5.74) is -0.676. The molecular weight excluding hydrogens is 273 g/mol.